The molecular weight excluding hydrogens is 347 g/mol. The molecule has 1 aliphatic rings. The molecule has 26 heavy (non-hydrogen) atoms. The Kier molecular flexibility index (Phi) is 5.67. The molecule has 9 heteroatoms. The van der Waals surface area contributed by atoms with E-state index in [9.17, 15) is 13.2 Å². The van der Waals surface area contributed by atoms with Crippen LogP contribution in [0.5, 0.6) is 0 Å². The number of ether oxygens (including phenoxy) is 1. The highest BCUT2D eigenvalue weighted by atomic mass is 19.4. The molecule has 140 valence electrons. The molecule has 0 bridgehead atoms. The summed E-state index contributed by atoms with van der Waals surface area (Å²) in [6.07, 6.45) is -3.03. The molecule has 0 amide bonds. The van der Waals surface area contributed by atoms with Crippen LogP contribution in [-0.2, 0) is 10.9 Å². The van der Waals surface area contributed by atoms with Gasteiger partial charge in [0.05, 0.1) is 6.61 Å². The van der Waals surface area contributed by atoms with Gasteiger partial charge in [-0.15, -0.1) is 0 Å². The molecule has 0 unspecified atom stereocenters. The molecule has 0 aromatic carbocycles. The van der Waals surface area contributed by atoms with Crippen LogP contribution >= 0.6 is 0 Å². The van der Waals surface area contributed by atoms with Gasteiger partial charge in [0.1, 0.15) is 11.5 Å². The van der Waals surface area contributed by atoms with E-state index < -0.39 is 11.9 Å². The zero-order valence-corrected chi connectivity index (χ0v) is 14.4. The van der Waals surface area contributed by atoms with Crippen LogP contribution < -0.4 is 4.90 Å². The third kappa shape index (κ3) is 4.47. The number of anilines is 1. The second kappa shape index (κ2) is 7.96. The SMILES string of the molecule is COCCN1CCN(c2cc(C(F)(F)F)nc(-c3ccccn3)n2)CC1. The van der Waals surface area contributed by atoms with E-state index >= 15 is 0 Å². The van der Waals surface area contributed by atoms with Gasteiger partial charge in [-0.25, -0.2) is 9.97 Å². The van der Waals surface area contributed by atoms with E-state index in [2.05, 4.69) is 19.9 Å². The Labute approximate surface area is 149 Å². The number of hydrogen-bond donors (Lipinski definition) is 0. The number of rotatable bonds is 5. The minimum atomic E-state index is -4.54. The molecule has 0 N–H and O–H groups in total. The lowest BCUT2D eigenvalue weighted by atomic mass is 10.2. The average molecular weight is 367 g/mol. The van der Waals surface area contributed by atoms with Crippen LogP contribution in [0.15, 0.2) is 30.5 Å². The van der Waals surface area contributed by atoms with Crippen LogP contribution in [0.1, 0.15) is 5.69 Å². The Balaban J connectivity index is 1.85. The summed E-state index contributed by atoms with van der Waals surface area (Å²) in [5, 5.41) is 0. The van der Waals surface area contributed by atoms with Crippen LogP contribution in [0.2, 0.25) is 0 Å². The molecule has 6 nitrogen and oxygen atoms in total. The van der Waals surface area contributed by atoms with Crippen molar-refractivity contribution in [1.29, 1.82) is 0 Å². The molecule has 0 saturated carbocycles. The second-order valence-electron chi connectivity index (χ2n) is 5.97. The molecule has 1 saturated heterocycles. The van der Waals surface area contributed by atoms with Gasteiger partial charge in [0.15, 0.2) is 11.5 Å². The highest BCUT2D eigenvalue weighted by Gasteiger charge is 2.34. The first kappa shape index (κ1) is 18.5. The Morgan fingerprint density at radius 2 is 1.88 bits per heavy atom. The van der Waals surface area contributed by atoms with Gasteiger partial charge >= 0.3 is 6.18 Å². The molecule has 0 atom stereocenters. The maximum absolute atomic E-state index is 13.3. The average Bonchev–Trinajstić information content (AvgIpc) is 2.66. The highest BCUT2D eigenvalue weighted by molar-refractivity contribution is 5.54. The number of nitrogens with zero attached hydrogens (tertiary/aromatic N) is 5. The summed E-state index contributed by atoms with van der Waals surface area (Å²) in [6, 6.07) is 6.00. The first-order valence-corrected chi connectivity index (χ1v) is 8.31. The predicted molar refractivity (Wildman–Crippen MR) is 90.8 cm³/mol. The summed E-state index contributed by atoms with van der Waals surface area (Å²) in [4.78, 5) is 16.1. The van der Waals surface area contributed by atoms with Crippen molar-refractivity contribution in [2.75, 3.05) is 51.3 Å². The van der Waals surface area contributed by atoms with E-state index in [0.29, 0.717) is 25.4 Å². The van der Waals surface area contributed by atoms with Crippen LogP contribution in [0.25, 0.3) is 11.5 Å². The fourth-order valence-electron chi connectivity index (χ4n) is 2.77. The summed E-state index contributed by atoms with van der Waals surface area (Å²) in [6.45, 7) is 4.12. The van der Waals surface area contributed by atoms with E-state index in [1.54, 1.807) is 25.3 Å². The fraction of sp³-hybridized carbons (Fsp3) is 0.471. The quantitative estimate of drug-likeness (QED) is 0.809. The third-order valence-corrected chi connectivity index (χ3v) is 4.20. The van der Waals surface area contributed by atoms with Gasteiger partial charge < -0.3 is 9.64 Å². The number of alkyl halides is 3. The summed E-state index contributed by atoms with van der Waals surface area (Å²) in [5.74, 6) is 0.261. The molecule has 0 radical (unpaired) electrons. The van der Waals surface area contributed by atoms with Crippen LogP contribution in [0.4, 0.5) is 19.0 Å². The van der Waals surface area contributed by atoms with Gasteiger partial charge in [-0.2, -0.15) is 13.2 Å². The number of hydrogen-bond acceptors (Lipinski definition) is 6. The third-order valence-electron chi connectivity index (χ3n) is 4.20. The molecule has 3 rings (SSSR count). The molecule has 0 aliphatic carbocycles. The van der Waals surface area contributed by atoms with Crippen LogP contribution in [0, 0.1) is 0 Å². The largest absolute Gasteiger partial charge is 0.433 e. The Bertz CT molecular complexity index is 718. The lowest BCUT2D eigenvalue weighted by Gasteiger charge is -2.35. The number of methoxy groups -OCH3 is 1. The van der Waals surface area contributed by atoms with E-state index in [1.165, 1.54) is 6.20 Å². The van der Waals surface area contributed by atoms with E-state index in [1.807, 2.05) is 4.90 Å². The summed E-state index contributed by atoms with van der Waals surface area (Å²) < 4.78 is 44.9. The Hall–Kier alpha value is -2.26. The van der Waals surface area contributed by atoms with Crippen LogP contribution in [-0.4, -0.2) is 66.3 Å². The molecule has 1 fully saturated rings. The minimum absolute atomic E-state index is 0.0164. The summed E-state index contributed by atoms with van der Waals surface area (Å²) in [7, 11) is 1.65. The van der Waals surface area contributed by atoms with Gasteiger partial charge in [-0.1, -0.05) is 6.07 Å². The Morgan fingerprint density at radius 3 is 2.50 bits per heavy atom. The summed E-state index contributed by atoms with van der Waals surface area (Å²) in [5.41, 5.74) is -0.636. The predicted octanol–water partition coefficient (Wildman–Crippen LogP) is 2.33. The van der Waals surface area contributed by atoms with Gasteiger partial charge in [0.2, 0.25) is 0 Å². The van der Waals surface area contributed by atoms with Gasteiger partial charge in [-0.05, 0) is 12.1 Å². The second-order valence-corrected chi connectivity index (χ2v) is 5.97. The Morgan fingerprint density at radius 1 is 1.12 bits per heavy atom. The smallest absolute Gasteiger partial charge is 0.383 e. The maximum Gasteiger partial charge on any atom is 0.433 e. The molecule has 3 heterocycles. The van der Waals surface area contributed by atoms with Crippen molar-refractivity contribution in [2.24, 2.45) is 0 Å². The van der Waals surface area contributed by atoms with E-state index in [0.717, 1.165) is 25.7 Å². The molecule has 2 aromatic rings. The molecule has 1 aliphatic heterocycles. The standard InChI is InChI=1S/C17H20F3N5O/c1-26-11-10-24-6-8-25(9-7-24)15-12-14(17(18,19)20)22-16(23-15)13-4-2-3-5-21-13/h2-5,12H,6-11H2,1H3. The van der Waals surface area contributed by atoms with Crippen molar-refractivity contribution in [3.8, 4) is 11.5 Å². The first-order chi connectivity index (χ1) is 12.5. The molecule has 2 aromatic heterocycles. The number of aromatic nitrogens is 3. The van der Waals surface area contributed by atoms with Crippen molar-refractivity contribution in [3.05, 3.63) is 36.2 Å². The van der Waals surface area contributed by atoms with Gasteiger partial charge in [0, 0.05) is 52.1 Å². The van der Waals surface area contributed by atoms with Crippen molar-refractivity contribution in [2.45, 2.75) is 6.18 Å². The van der Waals surface area contributed by atoms with Crippen molar-refractivity contribution in [1.82, 2.24) is 19.9 Å². The maximum atomic E-state index is 13.3. The monoisotopic (exact) mass is 367 g/mol. The summed E-state index contributed by atoms with van der Waals surface area (Å²) >= 11 is 0. The lowest BCUT2D eigenvalue weighted by Crippen LogP contribution is -2.47. The highest BCUT2D eigenvalue weighted by Crippen LogP contribution is 2.31. The topological polar surface area (TPSA) is 54.4 Å². The fourth-order valence-corrected chi connectivity index (χ4v) is 2.77. The zero-order chi connectivity index (χ0) is 18.6. The lowest BCUT2D eigenvalue weighted by molar-refractivity contribution is -0.141. The number of piperazine rings is 1. The minimum Gasteiger partial charge on any atom is -0.383 e. The number of pyridine rings is 1. The van der Waals surface area contributed by atoms with Crippen molar-refractivity contribution in [3.63, 3.8) is 0 Å². The number of halogens is 3. The van der Waals surface area contributed by atoms with Crippen molar-refractivity contribution < 1.29 is 17.9 Å². The van der Waals surface area contributed by atoms with Gasteiger partial charge in [0.25, 0.3) is 0 Å². The zero-order valence-electron chi connectivity index (χ0n) is 14.4. The molecule has 0 spiro atoms. The van der Waals surface area contributed by atoms with E-state index in [4.69, 9.17) is 4.74 Å². The normalized spacial score (nSPS) is 16.1. The molecular formula is C17H20F3N5O. The van der Waals surface area contributed by atoms with E-state index in [-0.39, 0.29) is 11.6 Å². The first-order valence-electron chi connectivity index (χ1n) is 8.31. The van der Waals surface area contributed by atoms with Crippen LogP contribution in [0.3, 0.4) is 0 Å². The van der Waals surface area contributed by atoms with Gasteiger partial charge in [-0.3, -0.25) is 9.88 Å². The van der Waals surface area contributed by atoms with Crippen molar-refractivity contribution >= 4 is 5.82 Å².